The Balaban J connectivity index is 1.63. The fourth-order valence-corrected chi connectivity index (χ4v) is 1.61. The zero-order chi connectivity index (χ0) is 13.9. The van der Waals surface area contributed by atoms with Gasteiger partial charge in [0.25, 0.3) is 0 Å². The monoisotopic (exact) mass is 260 g/mol. The van der Waals surface area contributed by atoms with E-state index in [-0.39, 0.29) is 0 Å². The third-order valence-corrected chi connectivity index (χ3v) is 2.62. The molecule has 2 aromatic rings. The molecule has 2 aromatic heterocycles. The van der Waals surface area contributed by atoms with Gasteiger partial charge >= 0.3 is 0 Å². The lowest BCUT2D eigenvalue weighted by molar-refractivity contribution is 0.782. The molecule has 20 heavy (non-hydrogen) atoms. The second-order valence-electron chi connectivity index (χ2n) is 4.24. The van der Waals surface area contributed by atoms with E-state index in [0.717, 1.165) is 37.1 Å². The third-order valence-electron chi connectivity index (χ3n) is 2.62. The van der Waals surface area contributed by atoms with Gasteiger partial charge in [-0.15, -0.1) is 0 Å². The smallest absolute Gasteiger partial charge is 0.113 e. The van der Waals surface area contributed by atoms with Crippen LogP contribution in [0.1, 0.15) is 37.1 Å². The Morgan fingerprint density at radius 3 is 1.60 bits per heavy atom. The molecule has 0 aliphatic carbocycles. The van der Waals surface area contributed by atoms with Crippen LogP contribution in [0.25, 0.3) is 0 Å². The summed E-state index contributed by atoms with van der Waals surface area (Å²) >= 11 is 0. The summed E-state index contributed by atoms with van der Waals surface area (Å²) in [5.74, 6) is 12.4. The van der Waals surface area contributed by atoms with Gasteiger partial charge in [0.15, 0.2) is 0 Å². The van der Waals surface area contributed by atoms with E-state index in [1.54, 1.807) is 12.4 Å². The first-order chi connectivity index (χ1) is 9.95. The topological polar surface area (TPSA) is 25.8 Å². The molecule has 0 saturated heterocycles. The van der Waals surface area contributed by atoms with Gasteiger partial charge in [0.05, 0.1) is 0 Å². The van der Waals surface area contributed by atoms with E-state index >= 15 is 0 Å². The highest BCUT2D eigenvalue weighted by Gasteiger charge is 1.86. The third kappa shape index (κ3) is 5.38. The average Bonchev–Trinajstić information content (AvgIpc) is 2.52. The van der Waals surface area contributed by atoms with Gasteiger partial charge in [-0.1, -0.05) is 24.0 Å². The van der Waals surface area contributed by atoms with Gasteiger partial charge in [0.1, 0.15) is 11.4 Å². The largest absolute Gasteiger partial charge is 0.248 e. The summed E-state index contributed by atoms with van der Waals surface area (Å²) in [5, 5.41) is 0. The molecule has 2 nitrogen and oxygen atoms in total. The summed E-state index contributed by atoms with van der Waals surface area (Å²) in [6, 6.07) is 11.5. The molecule has 0 unspecified atom stereocenters. The molecule has 0 aliphatic heterocycles. The van der Waals surface area contributed by atoms with Gasteiger partial charge in [0, 0.05) is 25.2 Å². The van der Waals surface area contributed by atoms with E-state index in [9.17, 15) is 0 Å². The summed E-state index contributed by atoms with van der Waals surface area (Å²) in [7, 11) is 0. The van der Waals surface area contributed by atoms with Gasteiger partial charge in [-0.2, -0.15) is 0 Å². The van der Waals surface area contributed by atoms with Crippen molar-refractivity contribution in [3.05, 3.63) is 60.2 Å². The van der Waals surface area contributed by atoms with Gasteiger partial charge in [-0.05, 0) is 48.9 Å². The van der Waals surface area contributed by atoms with Crippen molar-refractivity contribution in [2.45, 2.75) is 25.7 Å². The minimum Gasteiger partial charge on any atom is -0.248 e. The summed E-state index contributed by atoms with van der Waals surface area (Å²) in [6.45, 7) is 0. The van der Waals surface area contributed by atoms with Crippen LogP contribution in [0.3, 0.4) is 0 Å². The van der Waals surface area contributed by atoms with Crippen molar-refractivity contribution in [3.8, 4) is 23.7 Å². The van der Waals surface area contributed by atoms with Crippen LogP contribution in [-0.4, -0.2) is 9.97 Å². The maximum absolute atomic E-state index is 4.16. The van der Waals surface area contributed by atoms with Gasteiger partial charge in [-0.25, -0.2) is 9.97 Å². The molecular formula is C18H16N2. The molecule has 0 aliphatic rings. The summed E-state index contributed by atoms with van der Waals surface area (Å²) < 4.78 is 0. The summed E-state index contributed by atoms with van der Waals surface area (Å²) in [5.41, 5.74) is 1.67. The van der Waals surface area contributed by atoms with E-state index < -0.39 is 0 Å². The lowest BCUT2D eigenvalue weighted by Crippen LogP contribution is -1.80. The van der Waals surface area contributed by atoms with Crippen molar-refractivity contribution < 1.29 is 0 Å². The second-order valence-corrected chi connectivity index (χ2v) is 4.24. The number of hydrogen-bond acceptors (Lipinski definition) is 2. The zero-order valence-corrected chi connectivity index (χ0v) is 11.3. The van der Waals surface area contributed by atoms with Gasteiger partial charge in [-0.3, -0.25) is 0 Å². The number of pyridine rings is 2. The fraction of sp³-hybridized carbons (Fsp3) is 0.222. The highest BCUT2D eigenvalue weighted by atomic mass is 14.6. The molecule has 2 heteroatoms. The first-order valence-electron chi connectivity index (χ1n) is 6.75. The summed E-state index contributed by atoms with van der Waals surface area (Å²) in [4.78, 5) is 8.31. The predicted octanol–water partition coefficient (Wildman–Crippen LogP) is 3.44. The standard InChI is InChI=1S/C18H16N2/c1(3-5-11-17-13-7-9-15-19-17)2-4-6-12-18-14-8-10-16-20-18/h7-10,13-16H,1-4H2. The second kappa shape index (κ2) is 8.51. The average molecular weight is 260 g/mol. The number of hydrogen-bond donors (Lipinski definition) is 0. The quantitative estimate of drug-likeness (QED) is 0.624. The molecule has 2 rings (SSSR count). The van der Waals surface area contributed by atoms with Crippen molar-refractivity contribution in [2.75, 3.05) is 0 Å². The Labute approximate surface area is 120 Å². The minimum absolute atomic E-state index is 0.836. The van der Waals surface area contributed by atoms with Crippen LogP contribution < -0.4 is 0 Å². The molecule has 0 radical (unpaired) electrons. The Hall–Kier alpha value is -2.58. The van der Waals surface area contributed by atoms with Crippen LogP contribution in [0.5, 0.6) is 0 Å². The van der Waals surface area contributed by atoms with Crippen LogP contribution in [0, 0.1) is 23.7 Å². The van der Waals surface area contributed by atoms with Crippen molar-refractivity contribution in [3.63, 3.8) is 0 Å². The Bertz CT molecular complexity index is 566. The molecule has 0 saturated carbocycles. The molecule has 0 N–H and O–H groups in total. The van der Waals surface area contributed by atoms with Crippen LogP contribution >= 0.6 is 0 Å². The maximum atomic E-state index is 4.16. The molecule has 0 bridgehead atoms. The minimum atomic E-state index is 0.836. The highest BCUT2D eigenvalue weighted by molar-refractivity contribution is 5.27. The first kappa shape index (κ1) is 13.8. The molecule has 0 aromatic carbocycles. The van der Waals surface area contributed by atoms with Crippen molar-refractivity contribution in [1.29, 1.82) is 0 Å². The lowest BCUT2D eigenvalue weighted by Gasteiger charge is -1.90. The van der Waals surface area contributed by atoms with Crippen molar-refractivity contribution >= 4 is 0 Å². The zero-order valence-electron chi connectivity index (χ0n) is 11.3. The van der Waals surface area contributed by atoms with Crippen LogP contribution in [-0.2, 0) is 0 Å². The normalized spacial score (nSPS) is 9.00. The number of rotatable bonds is 3. The van der Waals surface area contributed by atoms with E-state index in [1.165, 1.54) is 0 Å². The molecular weight excluding hydrogens is 244 g/mol. The summed E-state index contributed by atoms with van der Waals surface area (Å²) in [6.07, 6.45) is 7.44. The molecule has 0 fully saturated rings. The van der Waals surface area contributed by atoms with Gasteiger partial charge in [0.2, 0.25) is 0 Å². The van der Waals surface area contributed by atoms with Crippen LogP contribution in [0.4, 0.5) is 0 Å². The molecule has 0 atom stereocenters. The predicted molar refractivity (Wildman–Crippen MR) is 80.7 cm³/mol. The number of unbranched alkanes of at least 4 members (excludes halogenated alkanes) is 3. The molecule has 0 amide bonds. The Kier molecular flexibility index (Phi) is 5.89. The highest BCUT2D eigenvalue weighted by Crippen LogP contribution is 1.99. The molecule has 0 spiro atoms. The molecule has 98 valence electrons. The first-order valence-corrected chi connectivity index (χ1v) is 6.75. The van der Waals surface area contributed by atoms with Crippen molar-refractivity contribution in [2.24, 2.45) is 0 Å². The Morgan fingerprint density at radius 2 is 1.20 bits per heavy atom. The van der Waals surface area contributed by atoms with E-state index in [1.807, 2.05) is 36.4 Å². The van der Waals surface area contributed by atoms with Crippen LogP contribution in [0.15, 0.2) is 48.8 Å². The Morgan fingerprint density at radius 1 is 0.700 bits per heavy atom. The fourth-order valence-electron chi connectivity index (χ4n) is 1.61. The van der Waals surface area contributed by atoms with E-state index in [2.05, 4.69) is 33.6 Å². The maximum Gasteiger partial charge on any atom is 0.113 e. The number of aromatic nitrogens is 2. The van der Waals surface area contributed by atoms with Crippen LogP contribution in [0.2, 0.25) is 0 Å². The van der Waals surface area contributed by atoms with E-state index in [0.29, 0.717) is 0 Å². The SMILES string of the molecule is C(#Cc1ccccn1)CCCCC#Cc1ccccn1. The van der Waals surface area contributed by atoms with Gasteiger partial charge < -0.3 is 0 Å². The molecule has 2 heterocycles. The van der Waals surface area contributed by atoms with Crippen molar-refractivity contribution in [1.82, 2.24) is 9.97 Å². The lowest BCUT2D eigenvalue weighted by atomic mass is 10.2. The van der Waals surface area contributed by atoms with E-state index in [4.69, 9.17) is 0 Å². The number of nitrogens with zero attached hydrogens (tertiary/aromatic N) is 2.